The van der Waals surface area contributed by atoms with E-state index in [2.05, 4.69) is 11.8 Å². The van der Waals surface area contributed by atoms with Gasteiger partial charge in [0.05, 0.1) is 0 Å². The van der Waals surface area contributed by atoms with Gasteiger partial charge < -0.3 is 5.73 Å². The molecule has 0 unspecified atom stereocenters. The zero-order chi connectivity index (χ0) is 8.97. The van der Waals surface area contributed by atoms with Crippen LogP contribution in [0.25, 0.3) is 0 Å². The maximum atomic E-state index is 10.7. The molecule has 0 atom stereocenters. The van der Waals surface area contributed by atoms with Crippen LogP contribution in [0.15, 0.2) is 24.3 Å². The molecule has 2 heteroatoms. The Morgan fingerprint density at radius 3 is 2.83 bits per heavy atom. The Bertz CT molecular complexity index is 358. The van der Waals surface area contributed by atoms with Crippen molar-refractivity contribution in [1.29, 1.82) is 0 Å². The molecule has 0 fully saturated rings. The summed E-state index contributed by atoms with van der Waals surface area (Å²) in [5, 5.41) is 0. The second kappa shape index (κ2) is 3.59. The topological polar surface area (TPSA) is 43.1 Å². The van der Waals surface area contributed by atoms with Gasteiger partial charge >= 0.3 is 0 Å². The van der Waals surface area contributed by atoms with Crippen molar-refractivity contribution in [2.75, 3.05) is 0 Å². The Kier molecular flexibility index (Phi) is 2.49. The molecule has 0 heterocycles. The molecule has 1 aromatic carbocycles. The number of rotatable bonds is 1. The van der Waals surface area contributed by atoms with Gasteiger partial charge in [-0.2, -0.15) is 0 Å². The second-order valence-electron chi connectivity index (χ2n) is 2.32. The van der Waals surface area contributed by atoms with Crippen molar-refractivity contribution in [3.8, 4) is 11.8 Å². The highest BCUT2D eigenvalue weighted by atomic mass is 16.1. The summed E-state index contributed by atoms with van der Waals surface area (Å²) in [4.78, 5) is 10.7. The van der Waals surface area contributed by atoms with E-state index < -0.39 is 5.91 Å². The molecule has 0 spiro atoms. The van der Waals surface area contributed by atoms with Gasteiger partial charge in [-0.05, 0) is 25.1 Å². The standard InChI is InChI=1S/C10H9NO/c1-2-4-8-5-3-6-9(7-8)10(11)12/h3,5-7H,1H3,(H2,11,12). The van der Waals surface area contributed by atoms with E-state index >= 15 is 0 Å². The van der Waals surface area contributed by atoms with Crippen LogP contribution in [-0.4, -0.2) is 5.91 Å². The summed E-state index contributed by atoms with van der Waals surface area (Å²) in [5.41, 5.74) is 6.40. The van der Waals surface area contributed by atoms with Crippen molar-refractivity contribution in [2.24, 2.45) is 5.73 Å². The minimum atomic E-state index is -0.422. The van der Waals surface area contributed by atoms with Gasteiger partial charge in [-0.1, -0.05) is 12.0 Å². The van der Waals surface area contributed by atoms with Crippen LogP contribution in [0, 0.1) is 11.8 Å². The fourth-order valence-electron chi connectivity index (χ4n) is 0.895. The average Bonchev–Trinajstić information content (AvgIpc) is 2.05. The van der Waals surface area contributed by atoms with E-state index in [1.807, 2.05) is 6.07 Å². The predicted octanol–water partition coefficient (Wildman–Crippen LogP) is 1.16. The molecule has 0 aliphatic rings. The zero-order valence-electron chi connectivity index (χ0n) is 6.79. The summed E-state index contributed by atoms with van der Waals surface area (Å²) >= 11 is 0. The SMILES string of the molecule is CC#Cc1cccc(C(N)=O)c1. The van der Waals surface area contributed by atoms with Crippen LogP contribution in [0.2, 0.25) is 0 Å². The van der Waals surface area contributed by atoms with Crippen LogP contribution in [0.3, 0.4) is 0 Å². The van der Waals surface area contributed by atoms with Crippen LogP contribution in [0.5, 0.6) is 0 Å². The highest BCUT2D eigenvalue weighted by Crippen LogP contribution is 2.02. The van der Waals surface area contributed by atoms with Crippen molar-refractivity contribution >= 4 is 5.91 Å². The monoisotopic (exact) mass is 159 g/mol. The Morgan fingerprint density at radius 1 is 1.50 bits per heavy atom. The molecule has 2 N–H and O–H groups in total. The van der Waals surface area contributed by atoms with E-state index in [1.54, 1.807) is 25.1 Å². The molecular formula is C10H9NO. The number of carbonyl (C=O) groups excluding carboxylic acids is 1. The summed E-state index contributed by atoms with van der Waals surface area (Å²) in [6.45, 7) is 1.75. The Morgan fingerprint density at radius 2 is 2.25 bits per heavy atom. The molecule has 0 saturated heterocycles. The molecule has 0 aromatic heterocycles. The molecule has 0 bridgehead atoms. The fraction of sp³-hybridized carbons (Fsp3) is 0.100. The maximum Gasteiger partial charge on any atom is 0.248 e. The van der Waals surface area contributed by atoms with Gasteiger partial charge in [0, 0.05) is 11.1 Å². The molecule has 0 saturated carbocycles. The summed E-state index contributed by atoms with van der Waals surface area (Å²) in [5.74, 6) is 5.17. The molecule has 2 nitrogen and oxygen atoms in total. The number of amides is 1. The molecule has 0 radical (unpaired) electrons. The van der Waals surface area contributed by atoms with E-state index in [1.165, 1.54) is 0 Å². The first-order valence-electron chi connectivity index (χ1n) is 3.56. The quantitative estimate of drug-likeness (QED) is 0.614. The summed E-state index contributed by atoms with van der Waals surface area (Å²) < 4.78 is 0. The number of nitrogens with two attached hydrogens (primary N) is 1. The molecule has 0 aliphatic heterocycles. The van der Waals surface area contributed by atoms with Gasteiger partial charge in [0.15, 0.2) is 0 Å². The van der Waals surface area contributed by atoms with E-state index in [9.17, 15) is 4.79 Å². The summed E-state index contributed by atoms with van der Waals surface area (Å²) in [6.07, 6.45) is 0. The van der Waals surface area contributed by atoms with Gasteiger partial charge in [-0.15, -0.1) is 5.92 Å². The van der Waals surface area contributed by atoms with Crippen molar-refractivity contribution in [3.63, 3.8) is 0 Å². The first-order valence-corrected chi connectivity index (χ1v) is 3.56. The van der Waals surface area contributed by atoms with Crippen molar-refractivity contribution in [1.82, 2.24) is 0 Å². The lowest BCUT2D eigenvalue weighted by Crippen LogP contribution is -2.10. The molecule has 1 amide bonds. The van der Waals surface area contributed by atoms with E-state index in [-0.39, 0.29) is 0 Å². The number of hydrogen-bond donors (Lipinski definition) is 1. The third-order valence-electron chi connectivity index (χ3n) is 1.42. The molecule has 0 aliphatic carbocycles. The first kappa shape index (κ1) is 8.35. The van der Waals surface area contributed by atoms with Gasteiger partial charge in [0.1, 0.15) is 0 Å². The number of benzene rings is 1. The van der Waals surface area contributed by atoms with Crippen molar-refractivity contribution < 1.29 is 4.79 Å². The second-order valence-corrected chi connectivity index (χ2v) is 2.32. The fourth-order valence-corrected chi connectivity index (χ4v) is 0.895. The van der Waals surface area contributed by atoms with E-state index in [0.717, 1.165) is 5.56 Å². The highest BCUT2D eigenvalue weighted by molar-refractivity contribution is 5.93. The zero-order valence-corrected chi connectivity index (χ0v) is 6.79. The predicted molar refractivity (Wildman–Crippen MR) is 47.5 cm³/mol. The van der Waals surface area contributed by atoms with E-state index in [0.29, 0.717) is 5.56 Å². The first-order chi connectivity index (χ1) is 5.74. The van der Waals surface area contributed by atoms with Crippen LogP contribution in [-0.2, 0) is 0 Å². The average molecular weight is 159 g/mol. The lowest BCUT2D eigenvalue weighted by molar-refractivity contribution is 0.100. The number of carbonyl (C=O) groups is 1. The molecule has 1 rings (SSSR count). The van der Waals surface area contributed by atoms with Crippen molar-refractivity contribution in [3.05, 3.63) is 35.4 Å². The lowest BCUT2D eigenvalue weighted by Gasteiger charge is -1.94. The van der Waals surface area contributed by atoms with Gasteiger partial charge in [-0.25, -0.2) is 0 Å². The number of hydrogen-bond acceptors (Lipinski definition) is 1. The third kappa shape index (κ3) is 1.86. The molecular weight excluding hydrogens is 150 g/mol. The van der Waals surface area contributed by atoms with Crippen LogP contribution < -0.4 is 5.73 Å². The summed E-state index contributed by atoms with van der Waals surface area (Å²) in [7, 11) is 0. The van der Waals surface area contributed by atoms with Crippen LogP contribution >= 0.6 is 0 Å². The van der Waals surface area contributed by atoms with Crippen LogP contribution in [0.4, 0.5) is 0 Å². The smallest absolute Gasteiger partial charge is 0.248 e. The Balaban J connectivity index is 3.09. The third-order valence-corrected chi connectivity index (χ3v) is 1.42. The normalized spacial score (nSPS) is 8.42. The van der Waals surface area contributed by atoms with Gasteiger partial charge in [0.2, 0.25) is 5.91 Å². The molecule has 60 valence electrons. The minimum absolute atomic E-state index is 0.422. The minimum Gasteiger partial charge on any atom is -0.366 e. The Labute approximate surface area is 71.4 Å². The summed E-state index contributed by atoms with van der Waals surface area (Å²) in [6, 6.07) is 6.95. The van der Waals surface area contributed by atoms with Crippen molar-refractivity contribution in [2.45, 2.75) is 6.92 Å². The maximum absolute atomic E-state index is 10.7. The van der Waals surface area contributed by atoms with Gasteiger partial charge in [-0.3, -0.25) is 4.79 Å². The van der Waals surface area contributed by atoms with E-state index in [4.69, 9.17) is 5.73 Å². The van der Waals surface area contributed by atoms with Crippen LogP contribution in [0.1, 0.15) is 22.8 Å². The number of primary amides is 1. The largest absolute Gasteiger partial charge is 0.366 e. The molecule has 1 aromatic rings. The molecule has 12 heavy (non-hydrogen) atoms. The lowest BCUT2D eigenvalue weighted by atomic mass is 10.1. The van der Waals surface area contributed by atoms with Gasteiger partial charge in [0.25, 0.3) is 0 Å². The highest BCUT2D eigenvalue weighted by Gasteiger charge is 1.98. The Hall–Kier alpha value is -1.75.